The van der Waals surface area contributed by atoms with Gasteiger partial charge in [-0.25, -0.2) is 4.79 Å². The molecule has 0 heterocycles. The second-order valence-electron chi connectivity index (χ2n) is 6.21. The molecule has 0 saturated carbocycles. The molecule has 0 amide bonds. The molecule has 0 unspecified atom stereocenters. The summed E-state index contributed by atoms with van der Waals surface area (Å²) in [4.78, 5) is 11.7. The molecule has 0 bridgehead atoms. The third-order valence-electron chi connectivity index (χ3n) is 2.96. The van der Waals surface area contributed by atoms with Gasteiger partial charge in [0, 0.05) is 11.2 Å². The molecule has 0 radical (unpaired) electrons. The van der Waals surface area contributed by atoms with Crippen LogP contribution in [0.2, 0.25) is 0 Å². The second kappa shape index (κ2) is 11.1. The molecule has 4 heteroatoms. The van der Waals surface area contributed by atoms with Crippen LogP contribution < -0.4 is 0 Å². The lowest BCUT2D eigenvalue weighted by atomic mass is 10.1. The summed E-state index contributed by atoms with van der Waals surface area (Å²) in [5, 5.41) is 0. The third kappa shape index (κ3) is 12.4. The molecule has 0 aromatic carbocycles. The summed E-state index contributed by atoms with van der Waals surface area (Å²) in [5.41, 5.74) is 2.49. The zero-order valence-electron chi connectivity index (χ0n) is 14.0. The summed E-state index contributed by atoms with van der Waals surface area (Å²) in [7, 11) is -0.789. The van der Waals surface area contributed by atoms with Crippen LogP contribution >= 0.6 is 0 Å². The van der Waals surface area contributed by atoms with E-state index in [2.05, 4.69) is 6.92 Å². The summed E-state index contributed by atoms with van der Waals surface area (Å²) in [6.45, 7) is 10.6. The van der Waals surface area contributed by atoms with E-state index in [-0.39, 0.29) is 11.6 Å². The van der Waals surface area contributed by atoms with E-state index in [9.17, 15) is 4.79 Å². The highest BCUT2D eigenvalue weighted by molar-refractivity contribution is 6.35. The molecule has 0 spiro atoms. The first-order valence-corrected chi connectivity index (χ1v) is 9.24. The van der Waals surface area contributed by atoms with Crippen molar-refractivity contribution in [3.05, 3.63) is 11.3 Å². The average molecular weight is 301 g/mol. The predicted octanol–water partition coefficient (Wildman–Crippen LogP) is 3.69. The Labute approximate surface area is 127 Å². The molecular formula is C16H32O3Si. The largest absolute Gasteiger partial charge is 0.462 e. The number of hydrogen-bond acceptors (Lipinski definition) is 3. The van der Waals surface area contributed by atoms with Crippen LogP contribution in [-0.4, -0.2) is 27.9 Å². The SMILES string of the molecule is CCCCCCCCOC(=O)C(C)=C[SiH2]OC(C)(C)C. The number of ether oxygens (including phenoxy) is 1. The minimum Gasteiger partial charge on any atom is -0.462 e. The monoisotopic (exact) mass is 300 g/mol. The normalized spacial score (nSPS) is 13.2. The van der Waals surface area contributed by atoms with Crippen LogP contribution in [0.5, 0.6) is 0 Å². The molecule has 0 aliphatic heterocycles. The Morgan fingerprint density at radius 3 is 2.30 bits per heavy atom. The molecule has 0 saturated heterocycles. The van der Waals surface area contributed by atoms with Gasteiger partial charge in [-0.2, -0.15) is 0 Å². The van der Waals surface area contributed by atoms with E-state index in [0.717, 1.165) is 12.8 Å². The molecule has 0 N–H and O–H groups in total. The van der Waals surface area contributed by atoms with Gasteiger partial charge in [-0.1, -0.05) is 44.7 Å². The Morgan fingerprint density at radius 1 is 1.10 bits per heavy atom. The first-order valence-electron chi connectivity index (χ1n) is 7.84. The molecule has 0 aromatic heterocycles. The lowest BCUT2D eigenvalue weighted by Gasteiger charge is -2.18. The van der Waals surface area contributed by atoms with Gasteiger partial charge in [-0.05, 0) is 34.1 Å². The van der Waals surface area contributed by atoms with Crippen molar-refractivity contribution in [1.29, 1.82) is 0 Å². The summed E-state index contributed by atoms with van der Waals surface area (Å²) in [5.74, 6) is -0.191. The maximum absolute atomic E-state index is 11.7. The van der Waals surface area contributed by atoms with Gasteiger partial charge in [0.1, 0.15) is 0 Å². The predicted molar refractivity (Wildman–Crippen MR) is 87.5 cm³/mol. The van der Waals surface area contributed by atoms with Crippen LogP contribution in [0.4, 0.5) is 0 Å². The van der Waals surface area contributed by atoms with Crippen LogP contribution in [0.25, 0.3) is 0 Å². The zero-order chi connectivity index (χ0) is 15.4. The van der Waals surface area contributed by atoms with Gasteiger partial charge in [0.2, 0.25) is 0 Å². The Hall–Kier alpha value is -0.613. The highest BCUT2D eigenvalue weighted by Crippen LogP contribution is 2.07. The minimum absolute atomic E-state index is 0.120. The van der Waals surface area contributed by atoms with Gasteiger partial charge in [0.05, 0.1) is 6.61 Å². The first kappa shape index (κ1) is 19.4. The van der Waals surface area contributed by atoms with Crippen molar-refractivity contribution < 1.29 is 14.0 Å². The van der Waals surface area contributed by atoms with Gasteiger partial charge < -0.3 is 9.16 Å². The van der Waals surface area contributed by atoms with Gasteiger partial charge in [-0.15, -0.1) is 0 Å². The minimum atomic E-state index is -0.789. The van der Waals surface area contributed by atoms with Gasteiger partial charge >= 0.3 is 5.97 Å². The fourth-order valence-corrected chi connectivity index (χ4v) is 2.66. The molecule has 0 fully saturated rings. The van der Waals surface area contributed by atoms with Crippen LogP contribution in [0.1, 0.15) is 73.1 Å². The van der Waals surface area contributed by atoms with E-state index in [1.807, 2.05) is 33.4 Å². The van der Waals surface area contributed by atoms with Crippen LogP contribution in [0, 0.1) is 0 Å². The third-order valence-corrected chi connectivity index (χ3v) is 4.77. The van der Waals surface area contributed by atoms with E-state index in [1.165, 1.54) is 25.7 Å². The van der Waals surface area contributed by atoms with Crippen LogP contribution in [0.3, 0.4) is 0 Å². The van der Waals surface area contributed by atoms with E-state index >= 15 is 0 Å². The van der Waals surface area contributed by atoms with Crippen molar-refractivity contribution in [2.75, 3.05) is 6.61 Å². The maximum atomic E-state index is 11.7. The van der Waals surface area contributed by atoms with E-state index in [4.69, 9.17) is 9.16 Å². The summed E-state index contributed by atoms with van der Waals surface area (Å²) in [6.07, 6.45) is 7.22. The number of rotatable bonds is 10. The Balaban J connectivity index is 3.67. The zero-order valence-corrected chi connectivity index (χ0v) is 15.4. The lowest BCUT2D eigenvalue weighted by molar-refractivity contribution is -0.139. The number of hydrogen-bond donors (Lipinski definition) is 0. The molecule has 0 aliphatic carbocycles. The first-order chi connectivity index (χ1) is 9.37. The smallest absolute Gasteiger partial charge is 0.333 e. The van der Waals surface area contributed by atoms with E-state index in [1.54, 1.807) is 0 Å². The molecular weight excluding hydrogens is 268 g/mol. The number of esters is 1. The Morgan fingerprint density at radius 2 is 1.70 bits per heavy atom. The summed E-state index contributed by atoms with van der Waals surface area (Å²) < 4.78 is 10.9. The van der Waals surface area contributed by atoms with Crippen LogP contribution in [-0.2, 0) is 14.0 Å². The average Bonchev–Trinajstić information content (AvgIpc) is 2.35. The van der Waals surface area contributed by atoms with E-state index in [0.29, 0.717) is 12.2 Å². The fourth-order valence-electron chi connectivity index (χ4n) is 1.66. The fraction of sp³-hybridized carbons (Fsp3) is 0.812. The van der Waals surface area contributed by atoms with Gasteiger partial charge in [-0.3, -0.25) is 0 Å². The highest BCUT2D eigenvalue weighted by atomic mass is 28.2. The molecule has 0 aromatic rings. The van der Waals surface area contributed by atoms with E-state index < -0.39 is 9.76 Å². The van der Waals surface area contributed by atoms with Crippen molar-refractivity contribution >= 4 is 15.7 Å². The standard InChI is InChI=1S/C16H32O3Si/c1-6-7-8-9-10-11-12-18-15(17)14(2)13-20-19-16(3,4)5/h13H,6-12,20H2,1-5H3. The lowest BCUT2D eigenvalue weighted by Crippen LogP contribution is -2.21. The molecule has 3 nitrogen and oxygen atoms in total. The van der Waals surface area contributed by atoms with Gasteiger partial charge in [0.25, 0.3) is 0 Å². The van der Waals surface area contributed by atoms with Crippen molar-refractivity contribution in [3.63, 3.8) is 0 Å². The number of carbonyl (C=O) groups is 1. The van der Waals surface area contributed by atoms with Crippen molar-refractivity contribution in [2.45, 2.75) is 78.7 Å². The topological polar surface area (TPSA) is 35.5 Å². The Bertz CT molecular complexity index is 293. The molecule has 0 atom stereocenters. The number of unbranched alkanes of at least 4 members (excludes halogenated alkanes) is 5. The van der Waals surface area contributed by atoms with Crippen LogP contribution in [0.15, 0.2) is 11.3 Å². The number of carbonyl (C=O) groups excluding carboxylic acids is 1. The molecule has 0 rings (SSSR count). The molecule has 118 valence electrons. The highest BCUT2D eigenvalue weighted by Gasteiger charge is 2.10. The quantitative estimate of drug-likeness (QED) is 0.267. The molecule has 0 aliphatic rings. The summed E-state index contributed by atoms with van der Waals surface area (Å²) >= 11 is 0. The molecule has 20 heavy (non-hydrogen) atoms. The van der Waals surface area contributed by atoms with Crippen molar-refractivity contribution in [1.82, 2.24) is 0 Å². The maximum Gasteiger partial charge on any atom is 0.333 e. The second-order valence-corrected chi connectivity index (χ2v) is 7.24. The Kier molecular flexibility index (Phi) is 10.8. The van der Waals surface area contributed by atoms with Crippen molar-refractivity contribution in [3.8, 4) is 0 Å². The van der Waals surface area contributed by atoms with Gasteiger partial charge in [0.15, 0.2) is 9.76 Å². The van der Waals surface area contributed by atoms with Crippen molar-refractivity contribution in [2.24, 2.45) is 0 Å². The summed E-state index contributed by atoms with van der Waals surface area (Å²) in [6, 6.07) is 0.